The summed E-state index contributed by atoms with van der Waals surface area (Å²) in [6.07, 6.45) is -0.237. The summed E-state index contributed by atoms with van der Waals surface area (Å²) in [6, 6.07) is 0. The molecule has 0 atom stereocenters. The number of carbonyl (C=O) groups is 1. The fourth-order valence-electron chi connectivity index (χ4n) is 0.434. The van der Waals surface area contributed by atoms with E-state index in [2.05, 4.69) is 14.7 Å². The smallest absolute Gasteiger partial charge is 0.295 e. The quantitative estimate of drug-likeness (QED) is 0.310. The molecule has 11 heavy (non-hydrogen) atoms. The molecule has 7 heteroatoms. The first-order valence-electron chi connectivity index (χ1n) is 2.67. The van der Waals surface area contributed by atoms with E-state index in [9.17, 15) is 4.79 Å². The first-order valence-corrected chi connectivity index (χ1v) is 2.67. The number of hydrogen-bond donors (Lipinski definition) is 3. The highest BCUT2D eigenvalue weighted by Gasteiger charge is 2.43. The molecular weight excluding hydrogens is 160 g/mol. The van der Waals surface area contributed by atoms with Crippen LogP contribution in [0.2, 0.25) is 0 Å². The fraction of sp³-hybridized carbons (Fsp3) is 0.750. The zero-order valence-corrected chi connectivity index (χ0v) is 5.68. The molecule has 0 fully saturated rings. The van der Waals surface area contributed by atoms with Crippen LogP contribution in [-0.4, -0.2) is 27.5 Å². The van der Waals surface area contributed by atoms with Crippen LogP contribution >= 0.6 is 0 Å². The van der Waals surface area contributed by atoms with Gasteiger partial charge in [0, 0.05) is 6.42 Å². The predicted octanol–water partition coefficient (Wildman–Crippen LogP) is 0.0881. The van der Waals surface area contributed by atoms with Gasteiger partial charge in [0.1, 0.15) is 0 Å². The predicted molar refractivity (Wildman–Crippen MR) is 29.2 cm³/mol. The van der Waals surface area contributed by atoms with Crippen molar-refractivity contribution in [3.8, 4) is 0 Å². The fourth-order valence-corrected chi connectivity index (χ4v) is 0.434. The number of rotatable bonds is 4. The van der Waals surface area contributed by atoms with Gasteiger partial charge < -0.3 is 0 Å². The highest BCUT2D eigenvalue weighted by Crippen LogP contribution is 2.16. The number of carbonyl (C=O) groups excluding carboxylic acids is 1. The molecular formula is C4H8O7. The van der Waals surface area contributed by atoms with Crippen molar-refractivity contribution in [3.63, 3.8) is 0 Å². The van der Waals surface area contributed by atoms with Crippen LogP contribution in [0, 0.1) is 0 Å². The molecule has 0 spiro atoms. The molecule has 66 valence electrons. The van der Waals surface area contributed by atoms with Crippen molar-refractivity contribution < 1.29 is 35.2 Å². The Kier molecular flexibility index (Phi) is 3.93. The third-order valence-corrected chi connectivity index (χ3v) is 1.15. The van der Waals surface area contributed by atoms with E-state index in [0.717, 1.165) is 0 Å². The van der Waals surface area contributed by atoms with Crippen molar-refractivity contribution in [1.29, 1.82) is 0 Å². The Bertz CT molecular complexity index is 120. The van der Waals surface area contributed by atoms with E-state index in [4.69, 9.17) is 15.8 Å². The molecule has 0 heterocycles. The number of hydrogen-bond acceptors (Lipinski definition) is 7. The largest absolute Gasteiger partial charge is 0.406 e. The van der Waals surface area contributed by atoms with Crippen LogP contribution < -0.4 is 0 Å². The van der Waals surface area contributed by atoms with Gasteiger partial charge in [0.05, 0.1) is 0 Å². The second-order valence-corrected chi connectivity index (χ2v) is 1.67. The Hall–Kier alpha value is -0.730. The standard InChI is InChI=1S/C4H8O7/c1-2-4(10-7,11-8)3(5)9-6/h6-8H,2H2,1H3. The first kappa shape index (κ1) is 10.3. The van der Waals surface area contributed by atoms with Gasteiger partial charge in [0.25, 0.3) is 0 Å². The minimum absolute atomic E-state index is 0.237. The highest BCUT2D eigenvalue weighted by atomic mass is 17.2. The van der Waals surface area contributed by atoms with Gasteiger partial charge in [-0.2, -0.15) is 15.0 Å². The van der Waals surface area contributed by atoms with Gasteiger partial charge in [-0.1, -0.05) is 6.92 Å². The van der Waals surface area contributed by atoms with Gasteiger partial charge >= 0.3 is 11.8 Å². The lowest BCUT2D eigenvalue weighted by molar-refractivity contribution is -0.477. The monoisotopic (exact) mass is 168 g/mol. The maximum Gasteiger partial charge on any atom is 0.406 e. The molecule has 0 saturated carbocycles. The Morgan fingerprint density at radius 3 is 1.91 bits per heavy atom. The summed E-state index contributed by atoms with van der Waals surface area (Å²) in [5.41, 5.74) is 0. The van der Waals surface area contributed by atoms with Crippen LogP contribution in [-0.2, 0) is 19.5 Å². The molecule has 7 nitrogen and oxygen atoms in total. The van der Waals surface area contributed by atoms with Crippen LogP contribution in [0.1, 0.15) is 13.3 Å². The molecule has 0 radical (unpaired) electrons. The molecule has 0 rings (SSSR count). The molecule has 0 unspecified atom stereocenters. The summed E-state index contributed by atoms with van der Waals surface area (Å²) >= 11 is 0. The maximum atomic E-state index is 10.5. The van der Waals surface area contributed by atoms with Crippen molar-refractivity contribution in [2.24, 2.45) is 0 Å². The van der Waals surface area contributed by atoms with Gasteiger partial charge in [-0.3, -0.25) is 4.89 Å². The highest BCUT2D eigenvalue weighted by molar-refractivity contribution is 5.76. The Morgan fingerprint density at radius 2 is 1.82 bits per heavy atom. The van der Waals surface area contributed by atoms with E-state index < -0.39 is 11.8 Å². The lowest BCUT2D eigenvalue weighted by Gasteiger charge is -2.19. The van der Waals surface area contributed by atoms with E-state index >= 15 is 0 Å². The van der Waals surface area contributed by atoms with Crippen molar-refractivity contribution in [3.05, 3.63) is 0 Å². The summed E-state index contributed by atoms with van der Waals surface area (Å²) in [7, 11) is 0. The van der Waals surface area contributed by atoms with Crippen LogP contribution in [0.25, 0.3) is 0 Å². The lowest BCUT2D eigenvalue weighted by atomic mass is 10.2. The Balaban J connectivity index is 4.39. The van der Waals surface area contributed by atoms with Gasteiger partial charge in [0.15, 0.2) is 0 Å². The summed E-state index contributed by atoms with van der Waals surface area (Å²) in [6.45, 7) is 1.35. The van der Waals surface area contributed by atoms with Crippen LogP contribution in [0.5, 0.6) is 0 Å². The summed E-state index contributed by atoms with van der Waals surface area (Å²) in [5, 5.41) is 24.0. The second kappa shape index (κ2) is 4.21. The van der Waals surface area contributed by atoms with Crippen molar-refractivity contribution in [1.82, 2.24) is 0 Å². The minimum Gasteiger partial charge on any atom is -0.295 e. The average Bonchev–Trinajstić information content (AvgIpc) is 2.08. The van der Waals surface area contributed by atoms with Crippen LogP contribution in [0.15, 0.2) is 0 Å². The van der Waals surface area contributed by atoms with E-state index in [1.807, 2.05) is 0 Å². The summed E-state index contributed by atoms with van der Waals surface area (Å²) < 4.78 is 0. The molecule has 0 aromatic carbocycles. The van der Waals surface area contributed by atoms with Gasteiger partial charge in [-0.05, 0) is 0 Å². The molecule has 0 aromatic rings. The minimum atomic E-state index is -2.37. The van der Waals surface area contributed by atoms with E-state index in [1.165, 1.54) is 6.92 Å². The summed E-state index contributed by atoms with van der Waals surface area (Å²) in [4.78, 5) is 20.6. The molecule has 0 saturated heterocycles. The van der Waals surface area contributed by atoms with E-state index in [-0.39, 0.29) is 6.42 Å². The molecule has 0 aliphatic heterocycles. The van der Waals surface area contributed by atoms with Crippen LogP contribution in [0.3, 0.4) is 0 Å². The first-order chi connectivity index (χ1) is 5.16. The SMILES string of the molecule is CCC(OO)(OO)C(=O)OO. The summed E-state index contributed by atoms with van der Waals surface area (Å²) in [5.74, 6) is -3.82. The Morgan fingerprint density at radius 1 is 1.36 bits per heavy atom. The molecule has 0 aromatic heterocycles. The third-order valence-electron chi connectivity index (χ3n) is 1.15. The second-order valence-electron chi connectivity index (χ2n) is 1.67. The van der Waals surface area contributed by atoms with E-state index in [1.54, 1.807) is 0 Å². The maximum absolute atomic E-state index is 10.5. The topological polar surface area (TPSA) is 105 Å². The third kappa shape index (κ3) is 1.85. The normalized spacial score (nSPS) is 11.3. The van der Waals surface area contributed by atoms with Gasteiger partial charge in [-0.15, -0.1) is 0 Å². The average molecular weight is 168 g/mol. The van der Waals surface area contributed by atoms with E-state index in [0.29, 0.717) is 0 Å². The molecule has 0 aliphatic rings. The lowest BCUT2D eigenvalue weighted by Crippen LogP contribution is -2.43. The van der Waals surface area contributed by atoms with Crippen LogP contribution in [0.4, 0.5) is 0 Å². The van der Waals surface area contributed by atoms with Crippen molar-refractivity contribution in [2.45, 2.75) is 19.1 Å². The molecule has 0 amide bonds. The molecule has 0 bridgehead atoms. The zero-order chi connectivity index (χ0) is 8.91. The zero-order valence-electron chi connectivity index (χ0n) is 5.68. The molecule has 3 N–H and O–H groups in total. The van der Waals surface area contributed by atoms with Crippen molar-refractivity contribution in [2.75, 3.05) is 0 Å². The Labute approximate surface area is 61.5 Å². The van der Waals surface area contributed by atoms with Crippen molar-refractivity contribution >= 4 is 5.97 Å². The van der Waals surface area contributed by atoms with Gasteiger partial charge in [0.2, 0.25) is 0 Å². The molecule has 0 aliphatic carbocycles. The van der Waals surface area contributed by atoms with Gasteiger partial charge in [-0.25, -0.2) is 15.3 Å².